The highest BCUT2D eigenvalue weighted by molar-refractivity contribution is 7.89. The molecule has 0 amide bonds. The first kappa shape index (κ1) is 20.3. The molecule has 0 aliphatic rings. The average molecular weight is 408 g/mol. The Morgan fingerprint density at radius 3 is 2.41 bits per heavy atom. The van der Waals surface area contributed by atoms with Crippen molar-refractivity contribution in [2.75, 3.05) is 6.54 Å². The van der Waals surface area contributed by atoms with E-state index in [1.54, 1.807) is 0 Å². The number of hydrogen-bond donors (Lipinski definition) is 3. The maximum Gasteiger partial charge on any atom is 0.416 e. The number of aromatic nitrogens is 3. The summed E-state index contributed by atoms with van der Waals surface area (Å²) in [5.41, 5.74) is -2.75. The van der Waals surface area contributed by atoms with Crippen LogP contribution in [0.1, 0.15) is 26.5 Å². The lowest BCUT2D eigenvalue weighted by molar-refractivity contribution is -0.137. The molecule has 146 valence electrons. The van der Waals surface area contributed by atoms with Crippen molar-refractivity contribution < 1.29 is 41.4 Å². The van der Waals surface area contributed by atoms with Gasteiger partial charge < -0.3 is 10.2 Å². The van der Waals surface area contributed by atoms with Crippen LogP contribution in [0.5, 0.6) is 0 Å². The summed E-state index contributed by atoms with van der Waals surface area (Å²) >= 11 is 0. The van der Waals surface area contributed by atoms with Gasteiger partial charge in [0.2, 0.25) is 15.7 Å². The third-order valence-corrected chi connectivity index (χ3v) is 4.69. The Labute approximate surface area is 149 Å². The monoisotopic (exact) mass is 408 g/mol. The Morgan fingerprint density at radius 1 is 1.19 bits per heavy atom. The highest BCUT2D eigenvalue weighted by atomic mass is 32.2. The predicted molar refractivity (Wildman–Crippen MR) is 80.6 cm³/mol. The summed E-state index contributed by atoms with van der Waals surface area (Å²) in [6, 6.07) is 3.04. The molecule has 0 fully saturated rings. The van der Waals surface area contributed by atoms with E-state index >= 15 is 0 Å². The molecule has 0 radical (unpaired) electrons. The van der Waals surface area contributed by atoms with E-state index in [0.29, 0.717) is 16.8 Å². The number of nitrogens with zero attached hydrogens (tertiary/aromatic N) is 3. The standard InChI is InChI=1S/C13H11F3N4O6S/c14-13(15,16)7-2-1-3-8(6-7)27(25,26)17-4-5-20-10(12(23)24)9(11(21)22)18-19-20/h1-3,6,17H,4-5H2,(H,21,22)(H,23,24). The van der Waals surface area contributed by atoms with Gasteiger partial charge in [0.05, 0.1) is 17.0 Å². The van der Waals surface area contributed by atoms with Gasteiger partial charge in [-0.1, -0.05) is 11.3 Å². The van der Waals surface area contributed by atoms with E-state index in [4.69, 9.17) is 10.2 Å². The summed E-state index contributed by atoms with van der Waals surface area (Å²) in [6.45, 7) is -0.888. The largest absolute Gasteiger partial charge is 0.476 e. The van der Waals surface area contributed by atoms with Crippen molar-refractivity contribution >= 4 is 22.0 Å². The zero-order chi connectivity index (χ0) is 20.4. The van der Waals surface area contributed by atoms with Gasteiger partial charge in [0.1, 0.15) is 0 Å². The molecule has 0 bridgehead atoms. The number of aromatic carboxylic acids is 2. The molecule has 0 spiro atoms. The smallest absolute Gasteiger partial charge is 0.416 e. The van der Waals surface area contributed by atoms with Crippen molar-refractivity contribution in [1.29, 1.82) is 0 Å². The van der Waals surface area contributed by atoms with Crippen LogP contribution in [0.2, 0.25) is 0 Å². The van der Waals surface area contributed by atoms with E-state index in [1.807, 2.05) is 4.72 Å². The van der Waals surface area contributed by atoms with E-state index in [1.165, 1.54) is 0 Å². The summed E-state index contributed by atoms with van der Waals surface area (Å²) in [5, 5.41) is 24.4. The minimum Gasteiger partial charge on any atom is -0.476 e. The fourth-order valence-electron chi connectivity index (χ4n) is 2.03. The van der Waals surface area contributed by atoms with E-state index in [-0.39, 0.29) is 0 Å². The molecular formula is C13H11F3N4O6S. The Morgan fingerprint density at radius 2 is 1.85 bits per heavy atom. The molecule has 27 heavy (non-hydrogen) atoms. The first-order valence-electron chi connectivity index (χ1n) is 7.00. The van der Waals surface area contributed by atoms with Crippen LogP contribution in [-0.4, -0.2) is 52.1 Å². The fourth-order valence-corrected chi connectivity index (χ4v) is 3.10. The van der Waals surface area contributed by atoms with Crippen LogP contribution in [0, 0.1) is 0 Å². The molecule has 0 saturated carbocycles. The number of benzene rings is 1. The molecule has 0 unspecified atom stereocenters. The number of sulfonamides is 1. The van der Waals surface area contributed by atoms with Gasteiger partial charge in [0, 0.05) is 6.54 Å². The molecule has 10 nitrogen and oxygen atoms in total. The molecule has 0 saturated heterocycles. The minimum absolute atomic E-state index is 0.417. The molecule has 1 heterocycles. The SMILES string of the molecule is O=C(O)c1nnn(CCNS(=O)(=O)c2cccc(C(F)(F)F)c2)c1C(=O)O. The number of carboxylic acids is 2. The first-order chi connectivity index (χ1) is 12.4. The van der Waals surface area contributed by atoms with Crippen LogP contribution >= 0.6 is 0 Å². The van der Waals surface area contributed by atoms with Crippen LogP contribution in [-0.2, 0) is 22.7 Å². The zero-order valence-electron chi connectivity index (χ0n) is 13.1. The Kier molecular flexibility index (Phi) is 5.51. The van der Waals surface area contributed by atoms with Gasteiger partial charge in [-0.15, -0.1) is 5.10 Å². The fraction of sp³-hybridized carbons (Fsp3) is 0.231. The van der Waals surface area contributed by atoms with Crippen LogP contribution in [0.3, 0.4) is 0 Å². The van der Waals surface area contributed by atoms with E-state index < -0.39 is 63.1 Å². The molecule has 0 aliphatic carbocycles. The molecule has 3 N–H and O–H groups in total. The van der Waals surface area contributed by atoms with Gasteiger partial charge in [0.25, 0.3) is 0 Å². The number of halogens is 3. The second-order valence-corrected chi connectivity index (χ2v) is 6.81. The number of nitrogens with one attached hydrogen (secondary N) is 1. The van der Waals surface area contributed by atoms with E-state index in [2.05, 4.69) is 10.3 Å². The van der Waals surface area contributed by atoms with Crippen molar-refractivity contribution in [3.05, 3.63) is 41.2 Å². The minimum atomic E-state index is -4.73. The van der Waals surface area contributed by atoms with Crippen molar-refractivity contribution in [3.63, 3.8) is 0 Å². The number of hydrogen-bond acceptors (Lipinski definition) is 6. The maximum atomic E-state index is 12.7. The summed E-state index contributed by atoms with van der Waals surface area (Å²) in [5.74, 6) is -3.28. The number of carboxylic acid groups (broad SMARTS) is 2. The van der Waals surface area contributed by atoms with Gasteiger partial charge in [-0.2, -0.15) is 13.2 Å². The number of rotatable bonds is 7. The molecule has 1 aromatic carbocycles. The quantitative estimate of drug-likeness (QED) is 0.605. The molecular weight excluding hydrogens is 397 g/mol. The van der Waals surface area contributed by atoms with Gasteiger partial charge in [-0.05, 0) is 18.2 Å². The van der Waals surface area contributed by atoms with Crippen molar-refractivity contribution in [1.82, 2.24) is 19.7 Å². The summed E-state index contributed by atoms with van der Waals surface area (Å²) in [7, 11) is -4.33. The topological polar surface area (TPSA) is 151 Å². The lowest BCUT2D eigenvalue weighted by atomic mass is 10.2. The molecule has 1 aromatic heterocycles. The van der Waals surface area contributed by atoms with Gasteiger partial charge in [0.15, 0.2) is 5.69 Å². The van der Waals surface area contributed by atoms with Crippen LogP contribution in [0.15, 0.2) is 29.2 Å². The highest BCUT2D eigenvalue weighted by Gasteiger charge is 2.31. The van der Waals surface area contributed by atoms with Gasteiger partial charge >= 0.3 is 18.1 Å². The number of carbonyl (C=O) groups is 2. The molecule has 2 aromatic rings. The van der Waals surface area contributed by atoms with Crippen LogP contribution in [0.4, 0.5) is 13.2 Å². The second kappa shape index (κ2) is 7.32. The van der Waals surface area contributed by atoms with E-state index in [0.717, 1.165) is 12.1 Å². The molecule has 0 aliphatic heterocycles. The van der Waals surface area contributed by atoms with Crippen molar-refractivity contribution in [2.45, 2.75) is 17.6 Å². The molecule has 2 rings (SSSR count). The number of alkyl halides is 3. The summed E-state index contributed by atoms with van der Waals surface area (Å²) in [6.07, 6.45) is -4.73. The average Bonchev–Trinajstić information content (AvgIpc) is 2.98. The Bertz CT molecular complexity index is 986. The summed E-state index contributed by atoms with van der Waals surface area (Å²) < 4.78 is 64.9. The van der Waals surface area contributed by atoms with Crippen LogP contribution < -0.4 is 4.72 Å². The Balaban J connectivity index is 2.16. The van der Waals surface area contributed by atoms with Crippen LogP contribution in [0.25, 0.3) is 0 Å². The second-order valence-electron chi connectivity index (χ2n) is 5.04. The third-order valence-electron chi connectivity index (χ3n) is 3.23. The van der Waals surface area contributed by atoms with E-state index in [9.17, 15) is 31.2 Å². The zero-order valence-corrected chi connectivity index (χ0v) is 14.0. The first-order valence-corrected chi connectivity index (χ1v) is 8.49. The predicted octanol–water partition coefficient (Wildman–Crippen LogP) is 0.672. The normalized spacial score (nSPS) is 12.1. The van der Waals surface area contributed by atoms with Gasteiger partial charge in [-0.25, -0.2) is 27.4 Å². The lowest BCUT2D eigenvalue weighted by Gasteiger charge is -2.10. The third kappa shape index (κ3) is 4.59. The lowest BCUT2D eigenvalue weighted by Crippen LogP contribution is -2.29. The highest BCUT2D eigenvalue weighted by Crippen LogP contribution is 2.30. The maximum absolute atomic E-state index is 12.7. The Hall–Kier alpha value is -3.00. The van der Waals surface area contributed by atoms with Gasteiger partial charge in [-0.3, -0.25) is 0 Å². The summed E-state index contributed by atoms with van der Waals surface area (Å²) in [4.78, 5) is 21.4. The van der Waals surface area contributed by atoms with Crippen molar-refractivity contribution in [3.8, 4) is 0 Å². The molecule has 0 atom stereocenters. The molecule has 14 heteroatoms. The van der Waals surface area contributed by atoms with Crippen molar-refractivity contribution in [2.24, 2.45) is 0 Å².